The summed E-state index contributed by atoms with van der Waals surface area (Å²) in [7, 11) is 0. The summed E-state index contributed by atoms with van der Waals surface area (Å²) < 4.78 is 0. The summed E-state index contributed by atoms with van der Waals surface area (Å²) in [6, 6.07) is 1.81. The molecular formula is C20H27ClN4O2. The minimum Gasteiger partial charge on any atom is -0.380 e. The maximum Gasteiger partial charge on any atom is 0.225 e. The molecule has 1 atom stereocenters. The highest BCUT2D eigenvalue weighted by atomic mass is 35.5. The van der Waals surface area contributed by atoms with Crippen molar-refractivity contribution in [3.63, 3.8) is 0 Å². The molecule has 0 aliphatic carbocycles. The van der Waals surface area contributed by atoms with Gasteiger partial charge in [-0.3, -0.25) is 9.59 Å². The monoisotopic (exact) mass is 390 g/mol. The van der Waals surface area contributed by atoms with Crippen LogP contribution in [0.3, 0.4) is 0 Å². The lowest BCUT2D eigenvalue weighted by Crippen LogP contribution is -2.39. The second-order valence-electron chi connectivity index (χ2n) is 8.11. The number of nitrogens with one attached hydrogen (secondary N) is 2. The summed E-state index contributed by atoms with van der Waals surface area (Å²) in [5, 5.41) is 6.88. The van der Waals surface area contributed by atoms with Crippen molar-refractivity contribution in [2.75, 3.05) is 18.4 Å². The second-order valence-corrected chi connectivity index (χ2v) is 8.51. The number of nitrogens with zero attached hydrogens (tertiary/aromatic N) is 2. The van der Waals surface area contributed by atoms with E-state index in [0.29, 0.717) is 23.8 Å². The van der Waals surface area contributed by atoms with E-state index < -0.39 is 0 Å². The van der Waals surface area contributed by atoms with Crippen molar-refractivity contribution < 1.29 is 9.59 Å². The highest BCUT2D eigenvalue weighted by molar-refractivity contribution is 6.32. The Balaban J connectivity index is 1.63. The Labute approximate surface area is 165 Å². The molecular weight excluding hydrogens is 364 g/mol. The van der Waals surface area contributed by atoms with Gasteiger partial charge in [-0.25, -0.2) is 4.98 Å². The Morgan fingerprint density at radius 3 is 2.89 bits per heavy atom. The van der Waals surface area contributed by atoms with Crippen molar-refractivity contribution in [1.82, 2.24) is 15.2 Å². The number of carbonyl (C=O) groups excluding carboxylic acids is 2. The van der Waals surface area contributed by atoms with Crippen molar-refractivity contribution in [3.8, 4) is 0 Å². The van der Waals surface area contributed by atoms with Crippen LogP contribution in [0.1, 0.15) is 52.0 Å². The lowest BCUT2D eigenvalue weighted by molar-refractivity contribution is -0.131. The average molecular weight is 391 g/mol. The molecule has 0 aromatic carbocycles. The maximum absolute atomic E-state index is 12.5. The van der Waals surface area contributed by atoms with E-state index in [2.05, 4.69) is 35.5 Å². The van der Waals surface area contributed by atoms with Crippen LogP contribution >= 0.6 is 11.6 Å². The molecule has 0 spiro atoms. The van der Waals surface area contributed by atoms with Crippen LogP contribution in [0.4, 0.5) is 5.82 Å². The lowest BCUT2D eigenvalue weighted by Gasteiger charge is -2.31. The molecule has 0 unspecified atom stereocenters. The van der Waals surface area contributed by atoms with Gasteiger partial charge in [0.2, 0.25) is 11.8 Å². The number of hydrogen-bond donors (Lipinski definition) is 2. The number of carbonyl (C=O) groups is 2. The van der Waals surface area contributed by atoms with Crippen LogP contribution in [0, 0.1) is 5.92 Å². The number of halogens is 1. The minimum atomic E-state index is -0.0835. The highest BCUT2D eigenvalue weighted by Gasteiger charge is 2.26. The van der Waals surface area contributed by atoms with E-state index in [-0.39, 0.29) is 23.3 Å². The van der Waals surface area contributed by atoms with E-state index in [4.69, 9.17) is 11.6 Å². The molecule has 27 heavy (non-hydrogen) atoms. The third-order valence-corrected chi connectivity index (χ3v) is 5.44. The number of anilines is 1. The molecule has 1 saturated heterocycles. The maximum atomic E-state index is 12.5. The number of aromatic nitrogens is 1. The fourth-order valence-electron chi connectivity index (χ4n) is 3.69. The van der Waals surface area contributed by atoms with Crippen molar-refractivity contribution in [2.45, 2.75) is 52.0 Å². The van der Waals surface area contributed by atoms with Crippen LogP contribution in [-0.4, -0.2) is 40.3 Å². The van der Waals surface area contributed by atoms with E-state index >= 15 is 0 Å². The van der Waals surface area contributed by atoms with E-state index in [1.807, 2.05) is 11.0 Å². The van der Waals surface area contributed by atoms with Crippen molar-refractivity contribution in [2.24, 2.45) is 5.92 Å². The number of piperidine rings is 1. The van der Waals surface area contributed by atoms with Crippen LogP contribution in [0.15, 0.2) is 18.3 Å². The normalized spacial score (nSPS) is 21.4. The van der Waals surface area contributed by atoms with Crippen molar-refractivity contribution >= 4 is 34.9 Å². The first-order chi connectivity index (χ1) is 12.7. The molecule has 0 radical (unpaired) electrons. The van der Waals surface area contributed by atoms with Crippen LogP contribution in [-0.2, 0) is 9.59 Å². The Morgan fingerprint density at radius 1 is 1.44 bits per heavy atom. The van der Waals surface area contributed by atoms with Gasteiger partial charge in [-0.2, -0.15) is 0 Å². The number of likely N-dealkylation sites (tertiary alicyclic amines) is 1. The fourth-order valence-corrected chi connectivity index (χ4v) is 3.89. The smallest absolute Gasteiger partial charge is 0.225 e. The summed E-state index contributed by atoms with van der Waals surface area (Å²) >= 11 is 6.31. The third kappa shape index (κ3) is 5.01. The van der Waals surface area contributed by atoms with E-state index in [9.17, 15) is 9.59 Å². The molecule has 2 aliphatic rings. The Morgan fingerprint density at radius 2 is 2.22 bits per heavy atom. The van der Waals surface area contributed by atoms with Gasteiger partial charge in [0.1, 0.15) is 5.82 Å². The van der Waals surface area contributed by atoms with Crippen molar-refractivity contribution in [3.05, 3.63) is 28.9 Å². The van der Waals surface area contributed by atoms with Crippen LogP contribution in [0.25, 0.3) is 5.70 Å². The summed E-state index contributed by atoms with van der Waals surface area (Å²) in [4.78, 5) is 30.1. The topological polar surface area (TPSA) is 74.3 Å². The van der Waals surface area contributed by atoms with E-state index in [1.54, 1.807) is 13.1 Å². The zero-order valence-corrected chi connectivity index (χ0v) is 16.9. The zero-order valence-electron chi connectivity index (χ0n) is 16.1. The average Bonchev–Trinajstić information content (AvgIpc) is 2.96. The lowest BCUT2D eigenvalue weighted by atomic mass is 9.94. The molecule has 6 nitrogen and oxygen atoms in total. The number of hydrogen-bond acceptors (Lipinski definition) is 4. The third-order valence-electron chi connectivity index (χ3n) is 5.14. The first kappa shape index (κ1) is 19.7. The Kier molecular flexibility index (Phi) is 5.75. The number of pyridine rings is 1. The molecule has 3 heterocycles. The summed E-state index contributed by atoms with van der Waals surface area (Å²) in [5.41, 5.74) is 1.80. The van der Waals surface area contributed by atoms with Crippen LogP contribution in [0.2, 0.25) is 5.02 Å². The molecule has 0 bridgehead atoms. The molecule has 146 valence electrons. The molecule has 2 aliphatic heterocycles. The largest absolute Gasteiger partial charge is 0.380 e. The number of amides is 2. The van der Waals surface area contributed by atoms with Crippen molar-refractivity contribution in [1.29, 1.82) is 0 Å². The standard InChI is InChI=1S/C20H27ClN4O2/c1-13(26)25-8-4-5-14(12-25)9-19(27)23-18-10-15(16(21)11-22-18)17-6-7-20(2,3)24-17/h6,10-11,14,24H,4-5,7-9,12H2,1-3H3,(H,22,23,27)/t14-/m0/s1. The zero-order chi connectivity index (χ0) is 19.6. The van der Waals surface area contributed by atoms with Gasteiger partial charge >= 0.3 is 0 Å². The fraction of sp³-hybridized carbons (Fsp3) is 0.550. The van der Waals surface area contributed by atoms with E-state index in [1.165, 1.54) is 0 Å². The first-order valence-electron chi connectivity index (χ1n) is 9.43. The molecule has 1 aromatic rings. The van der Waals surface area contributed by atoms with Gasteiger partial charge in [-0.15, -0.1) is 0 Å². The summed E-state index contributed by atoms with van der Waals surface area (Å²) in [5.74, 6) is 0.671. The van der Waals surface area contributed by atoms with Crippen LogP contribution < -0.4 is 10.6 Å². The number of rotatable bonds is 4. The van der Waals surface area contributed by atoms with Gasteiger partial charge in [-0.05, 0) is 45.1 Å². The molecule has 1 aromatic heterocycles. The minimum absolute atomic E-state index is 0.00505. The quantitative estimate of drug-likeness (QED) is 0.825. The van der Waals surface area contributed by atoms with E-state index in [0.717, 1.165) is 37.1 Å². The SMILES string of the molecule is CC(=O)N1CCC[C@@H](CC(=O)Nc2cc(C3=CCC(C)(C)N3)c(Cl)cn2)C1. The predicted octanol–water partition coefficient (Wildman–Crippen LogP) is 3.43. The van der Waals surface area contributed by atoms with Gasteiger partial charge in [0.05, 0.1) is 5.02 Å². The predicted molar refractivity (Wildman–Crippen MR) is 107 cm³/mol. The second kappa shape index (κ2) is 7.89. The first-order valence-corrected chi connectivity index (χ1v) is 9.81. The van der Waals surface area contributed by atoms with Crippen LogP contribution in [0.5, 0.6) is 0 Å². The molecule has 1 fully saturated rings. The molecule has 2 amide bonds. The van der Waals surface area contributed by atoms with Gasteiger partial charge in [0, 0.05) is 49.4 Å². The van der Waals surface area contributed by atoms with Gasteiger partial charge in [-0.1, -0.05) is 17.7 Å². The van der Waals surface area contributed by atoms with Gasteiger partial charge in [0.15, 0.2) is 0 Å². The van der Waals surface area contributed by atoms with Gasteiger partial charge in [0.25, 0.3) is 0 Å². The molecule has 0 saturated carbocycles. The summed E-state index contributed by atoms with van der Waals surface area (Å²) in [6.45, 7) is 7.27. The molecule has 3 rings (SSSR count). The Bertz CT molecular complexity index is 775. The molecule has 2 N–H and O–H groups in total. The summed E-state index contributed by atoms with van der Waals surface area (Å²) in [6.07, 6.45) is 6.89. The highest BCUT2D eigenvalue weighted by Crippen LogP contribution is 2.31. The Hall–Kier alpha value is -2.08. The van der Waals surface area contributed by atoms with Gasteiger partial charge < -0.3 is 15.5 Å². The molecule has 7 heteroatoms.